The highest BCUT2D eigenvalue weighted by molar-refractivity contribution is 6.20. The third-order valence-electron chi connectivity index (χ3n) is 4.68. The number of aromatic nitrogens is 1. The van der Waals surface area contributed by atoms with E-state index >= 15 is 0 Å². The number of aromatic hydroxyl groups is 1. The van der Waals surface area contributed by atoms with E-state index in [0.29, 0.717) is 11.6 Å². The molecule has 3 rings (SSSR count). The van der Waals surface area contributed by atoms with Gasteiger partial charge in [0, 0.05) is 29.0 Å². The molecule has 0 aliphatic heterocycles. The maximum Gasteiger partial charge on any atom is 0.291 e. The Labute approximate surface area is 164 Å². The lowest BCUT2D eigenvalue weighted by Crippen LogP contribution is -2.10. The summed E-state index contributed by atoms with van der Waals surface area (Å²) in [6.07, 6.45) is 0.499. The van der Waals surface area contributed by atoms with Crippen LogP contribution in [0, 0.1) is 0 Å². The van der Waals surface area contributed by atoms with Crippen molar-refractivity contribution in [3.63, 3.8) is 0 Å². The van der Waals surface area contributed by atoms with Gasteiger partial charge in [-0.05, 0) is 31.2 Å². The molecule has 1 aromatic heterocycles. The van der Waals surface area contributed by atoms with Gasteiger partial charge in [-0.1, -0.05) is 30.8 Å². The third kappa shape index (κ3) is 3.35. The average Bonchev–Trinajstić information content (AvgIpc) is 2.98. The Bertz CT molecular complexity index is 1170. The third-order valence-corrected chi connectivity index (χ3v) is 4.68. The fraction of sp³-hybridized carbons (Fsp3) is 0.136. The highest BCUT2D eigenvalue weighted by atomic mass is 19.3. The van der Waals surface area contributed by atoms with E-state index in [2.05, 4.69) is 6.58 Å². The van der Waals surface area contributed by atoms with Gasteiger partial charge in [-0.15, -0.1) is 0 Å². The van der Waals surface area contributed by atoms with Crippen molar-refractivity contribution in [1.82, 2.24) is 4.57 Å². The number of carbonyl (C=O) groups excluding carboxylic acids is 3. The van der Waals surface area contributed by atoms with Crippen molar-refractivity contribution in [2.45, 2.75) is 19.8 Å². The molecule has 5 nitrogen and oxygen atoms in total. The predicted octanol–water partition coefficient (Wildman–Crippen LogP) is 4.72. The quantitative estimate of drug-likeness (QED) is 0.499. The van der Waals surface area contributed by atoms with Crippen LogP contribution in [0.3, 0.4) is 0 Å². The van der Waals surface area contributed by atoms with E-state index in [0.717, 1.165) is 16.7 Å². The first kappa shape index (κ1) is 20.1. The molecule has 0 unspecified atom stereocenters. The number of carbonyl (C=O) groups is 3. The molecule has 29 heavy (non-hydrogen) atoms. The van der Waals surface area contributed by atoms with E-state index in [4.69, 9.17) is 0 Å². The first-order chi connectivity index (χ1) is 13.6. The molecule has 0 atom stereocenters. The van der Waals surface area contributed by atoms with E-state index in [1.54, 1.807) is 0 Å². The molecule has 7 heteroatoms. The molecule has 2 aromatic carbocycles. The Morgan fingerprint density at radius 1 is 1.03 bits per heavy atom. The first-order valence-electron chi connectivity index (χ1n) is 8.64. The monoisotopic (exact) mass is 397 g/mol. The van der Waals surface area contributed by atoms with Gasteiger partial charge < -0.3 is 5.11 Å². The van der Waals surface area contributed by atoms with Crippen molar-refractivity contribution >= 4 is 28.4 Å². The molecule has 1 N–H and O–H groups in total. The normalized spacial score (nSPS) is 11.4. The Balaban J connectivity index is 2.20. The summed E-state index contributed by atoms with van der Waals surface area (Å²) >= 11 is 0. The number of halogens is 2. The number of hydrogen-bond donors (Lipinski definition) is 1. The molecule has 0 radical (unpaired) electrons. The van der Waals surface area contributed by atoms with Crippen molar-refractivity contribution < 1.29 is 28.3 Å². The standard InChI is InChI=1S/C22H17F2NO4/c1-4-22(23,24)16-8-5-14(6-9-16)20(28)19-17-11-15(12(2)26)7-10-18(17)25(13(3)27)21(19)29/h4-11,29H,1H2,2-3H3. The van der Waals surface area contributed by atoms with Crippen molar-refractivity contribution in [3.8, 4) is 5.88 Å². The molecule has 0 aliphatic rings. The summed E-state index contributed by atoms with van der Waals surface area (Å²) < 4.78 is 28.4. The highest BCUT2D eigenvalue weighted by Crippen LogP contribution is 2.35. The summed E-state index contributed by atoms with van der Waals surface area (Å²) in [4.78, 5) is 36.8. The molecule has 0 aliphatic carbocycles. The number of rotatable bonds is 5. The lowest BCUT2D eigenvalue weighted by Gasteiger charge is -2.11. The Morgan fingerprint density at radius 2 is 1.62 bits per heavy atom. The van der Waals surface area contributed by atoms with Crippen LogP contribution in [-0.4, -0.2) is 27.1 Å². The fourth-order valence-corrected chi connectivity index (χ4v) is 3.15. The lowest BCUT2D eigenvalue weighted by molar-refractivity contribution is 0.0525. The van der Waals surface area contributed by atoms with E-state index in [1.165, 1.54) is 44.2 Å². The van der Waals surface area contributed by atoms with Crippen LogP contribution < -0.4 is 0 Å². The highest BCUT2D eigenvalue weighted by Gasteiger charge is 2.29. The Hall–Kier alpha value is -3.61. The molecule has 0 saturated carbocycles. The summed E-state index contributed by atoms with van der Waals surface area (Å²) in [6.45, 7) is 5.66. The Kier molecular flexibility index (Phi) is 4.92. The summed E-state index contributed by atoms with van der Waals surface area (Å²) in [5.41, 5.74) is 0.0889. The van der Waals surface area contributed by atoms with Gasteiger partial charge in [0.1, 0.15) is 0 Å². The summed E-state index contributed by atoms with van der Waals surface area (Å²) in [6, 6.07) is 8.99. The molecule has 148 valence electrons. The fourth-order valence-electron chi connectivity index (χ4n) is 3.15. The summed E-state index contributed by atoms with van der Waals surface area (Å²) in [7, 11) is 0. The number of fused-ring (bicyclic) bond motifs is 1. The van der Waals surface area contributed by atoms with E-state index in [9.17, 15) is 28.3 Å². The van der Waals surface area contributed by atoms with Crippen LogP contribution in [0.4, 0.5) is 8.78 Å². The molecule has 0 spiro atoms. The molecular formula is C22H17F2NO4. The molecule has 0 fully saturated rings. The second-order valence-corrected chi connectivity index (χ2v) is 6.57. The van der Waals surface area contributed by atoms with Crippen LogP contribution in [-0.2, 0) is 5.92 Å². The number of allylic oxidation sites excluding steroid dienone is 1. The number of alkyl halides is 2. The van der Waals surface area contributed by atoms with Crippen LogP contribution in [0.25, 0.3) is 10.9 Å². The van der Waals surface area contributed by atoms with Crippen molar-refractivity contribution in [2.24, 2.45) is 0 Å². The molecule has 0 saturated heterocycles. The number of nitrogens with zero attached hydrogens (tertiary/aromatic N) is 1. The van der Waals surface area contributed by atoms with Gasteiger partial charge in [-0.2, -0.15) is 8.78 Å². The van der Waals surface area contributed by atoms with Crippen LogP contribution >= 0.6 is 0 Å². The van der Waals surface area contributed by atoms with E-state index in [1.807, 2.05) is 0 Å². The van der Waals surface area contributed by atoms with Gasteiger partial charge in [0.05, 0.1) is 11.1 Å². The van der Waals surface area contributed by atoms with Crippen LogP contribution in [0.1, 0.15) is 50.5 Å². The molecular weight excluding hydrogens is 380 g/mol. The number of hydrogen-bond acceptors (Lipinski definition) is 4. The lowest BCUT2D eigenvalue weighted by atomic mass is 9.98. The molecule has 3 aromatic rings. The summed E-state index contributed by atoms with van der Waals surface area (Å²) in [5.74, 6) is -5.26. The SMILES string of the molecule is C=CC(F)(F)c1ccc(C(=O)c2c(O)n(C(C)=O)c3ccc(C(C)=O)cc23)cc1. The van der Waals surface area contributed by atoms with Crippen LogP contribution in [0.15, 0.2) is 55.1 Å². The zero-order chi connectivity index (χ0) is 21.5. The topological polar surface area (TPSA) is 76.4 Å². The van der Waals surface area contributed by atoms with Gasteiger partial charge in [0.2, 0.25) is 11.8 Å². The minimum atomic E-state index is -3.25. The maximum atomic E-state index is 13.7. The van der Waals surface area contributed by atoms with Crippen molar-refractivity contribution in [2.75, 3.05) is 0 Å². The first-order valence-corrected chi connectivity index (χ1v) is 8.64. The zero-order valence-electron chi connectivity index (χ0n) is 15.7. The van der Waals surface area contributed by atoms with Crippen molar-refractivity contribution in [1.29, 1.82) is 0 Å². The number of ketones is 2. The number of Topliss-reactive ketones (excluding diaryl/α,β-unsaturated/α-hetero) is 1. The van der Waals surface area contributed by atoms with E-state index < -0.39 is 23.5 Å². The minimum absolute atomic E-state index is 0.0414. The number of benzene rings is 2. The maximum absolute atomic E-state index is 13.7. The van der Waals surface area contributed by atoms with Crippen molar-refractivity contribution in [3.05, 3.63) is 77.4 Å². The van der Waals surface area contributed by atoms with Crippen LogP contribution in [0.5, 0.6) is 5.88 Å². The molecule has 1 heterocycles. The van der Waals surface area contributed by atoms with Gasteiger partial charge >= 0.3 is 0 Å². The van der Waals surface area contributed by atoms with E-state index in [-0.39, 0.29) is 33.4 Å². The van der Waals surface area contributed by atoms with Gasteiger partial charge in [0.25, 0.3) is 5.92 Å². The largest absolute Gasteiger partial charge is 0.494 e. The van der Waals surface area contributed by atoms with Gasteiger partial charge in [-0.25, -0.2) is 0 Å². The summed E-state index contributed by atoms with van der Waals surface area (Å²) in [5, 5.41) is 10.8. The Morgan fingerprint density at radius 3 is 2.14 bits per heavy atom. The minimum Gasteiger partial charge on any atom is -0.494 e. The van der Waals surface area contributed by atoms with Crippen LogP contribution in [0.2, 0.25) is 0 Å². The smallest absolute Gasteiger partial charge is 0.291 e. The second kappa shape index (κ2) is 7.09. The van der Waals surface area contributed by atoms with Gasteiger partial charge in [-0.3, -0.25) is 19.0 Å². The molecule has 0 amide bonds. The average molecular weight is 397 g/mol. The molecule has 0 bridgehead atoms. The zero-order valence-corrected chi connectivity index (χ0v) is 15.7. The second-order valence-electron chi connectivity index (χ2n) is 6.57. The predicted molar refractivity (Wildman–Crippen MR) is 104 cm³/mol. The van der Waals surface area contributed by atoms with Gasteiger partial charge in [0.15, 0.2) is 11.6 Å².